The van der Waals surface area contributed by atoms with E-state index < -0.39 is 17.8 Å². The molecule has 212 valence electrons. The van der Waals surface area contributed by atoms with Gasteiger partial charge >= 0.3 is 0 Å². The summed E-state index contributed by atoms with van der Waals surface area (Å²) in [5.41, 5.74) is 8.77. The average Bonchev–Trinajstić information content (AvgIpc) is 3.77. The molecule has 6 rings (SSSR count). The molecule has 0 bridgehead atoms. The predicted octanol–water partition coefficient (Wildman–Crippen LogP) is 4.13. The second kappa shape index (κ2) is 11.4. The van der Waals surface area contributed by atoms with E-state index in [2.05, 4.69) is 35.7 Å². The zero-order valence-electron chi connectivity index (χ0n) is 22.0. The zero-order valence-corrected chi connectivity index (χ0v) is 22.8. The molecule has 12 nitrogen and oxygen atoms in total. The van der Waals surface area contributed by atoms with Crippen LogP contribution in [0.25, 0.3) is 27.9 Å². The van der Waals surface area contributed by atoms with E-state index in [0.717, 1.165) is 5.69 Å². The van der Waals surface area contributed by atoms with Crippen LogP contribution in [0.2, 0.25) is 5.02 Å². The first-order valence-electron chi connectivity index (χ1n) is 12.6. The van der Waals surface area contributed by atoms with Crippen molar-refractivity contribution in [1.29, 1.82) is 0 Å². The Hall–Kier alpha value is -5.08. The largest absolute Gasteiger partial charge is 0.384 e. The Morgan fingerprint density at radius 3 is 2.67 bits per heavy atom. The van der Waals surface area contributed by atoms with Crippen LogP contribution in [0.3, 0.4) is 0 Å². The van der Waals surface area contributed by atoms with Crippen molar-refractivity contribution in [3.05, 3.63) is 102 Å². The topological polar surface area (TPSA) is 140 Å². The van der Waals surface area contributed by atoms with Crippen LogP contribution in [0.1, 0.15) is 17.4 Å². The Morgan fingerprint density at radius 2 is 1.93 bits per heavy atom. The number of hydrogen-bond donors (Lipinski definition) is 1. The third-order valence-corrected chi connectivity index (χ3v) is 6.83. The SMILES string of the molecule is COCc1ccn(CC(c2ccc(-c3c(-n4cnnn4)ccc(Cl)c3F)cn2)n2cc(-c3ccc(N)nc3F)cn2)n1. The van der Waals surface area contributed by atoms with Gasteiger partial charge in [0, 0.05) is 48.0 Å². The Labute approximate surface area is 242 Å². The Kier molecular flexibility index (Phi) is 7.37. The molecule has 0 amide bonds. The number of ether oxygens (including phenoxy) is 1. The lowest BCUT2D eigenvalue weighted by Gasteiger charge is -2.18. The van der Waals surface area contributed by atoms with Gasteiger partial charge in [-0.25, -0.2) is 9.37 Å². The van der Waals surface area contributed by atoms with Gasteiger partial charge in [-0.1, -0.05) is 17.7 Å². The molecule has 1 unspecified atom stereocenters. The number of methoxy groups -OCH3 is 1. The van der Waals surface area contributed by atoms with Gasteiger partial charge in [-0.15, -0.1) is 5.10 Å². The summed E-state index contributed by atoms with van der Waals surface area (Å²) in [6.07, 6.45) is 7.96. The molecule has 0 fully saturated rings. The number of anilines is 1. The van der Waals surface area contributed by atoms with E-state index in [1.54, 1.807) is 53.1 Å². The van der Waals surface area contributed by atoms with Gasteiger partial charge in [0.1, 0.15) is 18.2 Å². The fraction of sp³-hybridized carbons (Fsp3) is 0.148. The van der Waals surface area contributed by atoms with Crippen LogP contribution in [0, 0.1) is 11.8 Å². The second-order valence-electron chi connectivity index (χ2n) is 9.24. The quantitative estimate of drug-likeness (QED) is 0.246. The summed E-state index contributed by atoms with van der Waals surface area (Å²) in [4.78, 5) is 8.38. The van der Waals surface area contributed by atoms with Crippen LogP contribution in [0.5, 0.6) is 0 Å². The zero-order chi connectivity index (χ0) is 29.2. The number of pyridine rings is 2. The Balaban J connectivity index is 1.39. The number of nitrogens with two attached hydrogens (primary N) is 1. The highest BCUT2D eigenvalue weighted by atomic mass is 35.5. The van der Waals surface area contributed by atoms with Gasteiger partial charge in [0.25, 0.3) is 0 Å². The lowest BCUT2D eigenvalue weighted by Crippen LogP contribution is -2.19. The molecule has 5 heterocycles. The minimum absolute atomic E-state index is 0.0530. The summed E-state index contributed by atoms with van der Waals surface area (Å²) in [5.74, 6) is -1.25. The summed E-state index contributed by atoms with van der Waals surface area (Å²) < 4.78 is 39.8. The predicted molar refractivity (Wildman–Crippen MR) is 148 cm³/mol. The van der Waals surface area contributed by atoms with Crippen molar-refractivity contribution in [1.82, 2.24) is 49.7 Å². The second-order valence-corrected chi connectivity index (χ2v) is 9.65. The maximum atomic E-state index is 15.3. The van der Waals surface area contributed by atoms with Gasteiger partial charge in [-0.2, -0.15) is 19.3 Å². The van der Waals surface area contributed by atoms with Gasteiger partial charge in [0.05, 0.1) is 41.4 Å². The van der Waals surface area contributed by atoms with Crippen molar-refractivity contribution in [2.75, 3.05) is 12.8 Å². The number of rotatable bonds is 9. The lowest BCUT2D eigenvalue weighted by atomic mass is 10.0. The van der Waals surface area contributed by atoms with Crippen LogP contribution < -0.4 is 5.73 Å². The molecule has 0 radical (unpaired) electrons. The van der Waals surface area contributed by atoms with Crippen LogP contribution in [0.4, 0.5) is 14.6 Å². The number of hydrogen-bond acceptors (Lipinski definition) is 9. The van der Waals surface area contributed by atoms with E-state index in [0.29, 0.717) is 35.7 Å². The van der Waals surface area contributed by atoms with Gasteiger partial charge in [0.2, 0.25) is 5.95 Å². The van der Waals surface area contributed by atoms with Crippen LogP contribution in [0.15, 0.2) is 73.6 Å². The fourth-order valence-electron chi connectivity index (χ4n) is 4.56. The number of tetrazole rings is 1. The van der Waals surface area contributed by atoms with Gasteiger partial charge < -0.3 is 10.5 Å². The lowest BCUT2D eigenvalue weighted by molar-refractivity contribution is 0.180. The summed E-state index contributed by atoms with van der Waals surface area (Å²) in [6, 6.07) is 11.0. The standard InChI is InChI=1S/C27H22ClF2N11O/c1-42-14-18-8-9-39(36-18)13-23(40-12-17(11-34-40)19-3-7-24(31)35-27(19)30)21-5-2-16(10-32-21)25-22(41-15-33-37-38-41)6-4-20(28)26(25)29/h2-12,15,23H,13-14H2,1H3,(H2,31,35). The molecule has 1 atom stereocenters. The van der Waals surface area contributed by atoms with E-state index in [-0.39, 0.29) is 22.0 Å². The van der Waals surface area contributed by atoms with E-state index in [9.17, 15) is 4.39 Å². The smallest absolute Gasteiger partial charge is 0.222 e. The number of halogens is 3. The van der Waals surface area contributed by atoms with E-state index in [1.165, 1.54) is 29.3 Å². The normalized spacial score (nSPS) is 12.1. The highest BCUT2D eigenvalue weighted by molar-refractivity contribution is 6.31. The minimum atomic E-state index is -0.702. The number of nitrogens with zero attached hydrogens (tertiary/aromatic N) is 10. The van der Waals surface area contributed by atoms with Crippen LogP contribution in [-0.4, -0.2) is 56.8 Å². The van der Waals surface area contributed by atoms with E-state index in [1.807, 2.05) is 12.3 Å². The molecule has 0 aliphatic rings. The number of aromatic nitrogens is 10. The van der Waals surface area contributed by atoms with Gasteiger partial charge in [-0.3, -0.25) is 14.3 Å². The molecular formula is C27H22ClF2N11O. The third kappa shape index (κ3) is 5.32. The van der Waals surface area contributed by atoms with Crippen molar-refractivity contribution < 1.29 is 13.5 Å². The molecule has 15 heteroatoms. The molecule has 0 saturated heterocycles. The van der Waals surface area contributed by atoms with E-state index >= 15 is 4.39 Å². The first-order chi connectivity index (χ1) is 20.4. The van der Waals surface area contributed by atoms with Crippen molar-refractivity contribution >= 4 is 17.4 Å². The maximum Gasteiger partial charge on any atom is 0.222 e. The molecule has 5 aromatic heterocycles. The number of benzene rings is 1. The van der Waals surface area contributed by atoms with Crippen molar-refractivity contribution in [2.24, 2.45) is 0 Å². The third-order valence-electron chi connectivity index (χ3n) is 6.54. The highest BCUT2D eigenvalue weighted by Gasteiger charge is 2.22. The summed E-state index contributed by atoms with van der Waals surface area (Å²) in [7, 11) is 1.59. The van der Waals surface area contributed by atoms with E-state index in [4.69, 9.17) is 22.1 Å². The molecular weight excluding hydrogens is 568 g/mol. The van der Waals surface area contributed by atoms with Crippen LogP contribution >= 0.6 is 11.6 Å². The summed E-state index contributed by atoms with van der Waals surface area (Å²) in [5, 5.41) is 20.2. The summed E-state index contributed by atoms with van der Waals surface area (Å²) in [6.45, 7) is 0.690. The molecule has 0 saturated carbocycles. The van der Waals surface area contributed by atoms with Crippen LogP contribution in [-0.2, 0) is 17.9 Å². The maximum absolute atomic E-state index is 15.3. The molecule has 0 spiro atoms. The highest BCUT2D eigenvalue weighted by Crippen LogP contribution is 2.34. The fourth-order valence-corrected chi connectivity index (χ4v) is 4.72. The number of nitrogen functional groups attached to an aromatic ring is 1. The Bertz CT molecular complexity index is 1840. The molecule has 6 aromatic rings. The van der Waals surface area contributed by atoms with Gasteiger partial charge in [0.15, 0.2) is 5.82 Å². The molecule has 0 aliphatic heterocycles. The first-order valence-corrected chi connectivity index (χ1v) is 12.9. The Morgan fingerprint density at radius 1 is 1.05 bits per heavy atom. The minimum Gasteiger partial charge on any atom is -0.384 e. The molecule has 2 N–H and O–H groups in total. The van der Waals surface area contributed by atoms with Crippen molar-refractivity contribution in [3.63, 3.8) is 0 Å². The molecule has 0 aliphatic carbocycles. The van der Waals surface area contributed by atoms with Crippen molar-refractivity contribution in [3.8, 4) is 27.9 Å². The molecule has 1 aromatic carbocycles. The first kappa shape index (κ1) is 27.1. The molecule has 42 heavy (non-hydrogen) atoms. The average molecular weight is 590 g/mol. The van der Waals surface area contributed by atoms with Gasteiger partial charge in [-0.05, 0) is 46.8 Å². The monoisotopic (exact) mass is 589 g/mol. The summed E-state index contributed by atoms with van der Waals surface area (Å²) >= 11 is 6.12. The van der Waals surface area contributed by atoms with Crippen molar-refractivity contribution in [2.45, 2.75) is 19.2 Å².